The van der Waals surface area contributed by atoms with Crippen LogP contribution in [0.5, 0.6) is 5.75 Å². The maximum absolute atomic E-state index is 11.6. The normalized spacial score (nSPS) is 17.2. The zero-order valence-electron chi connectivity index (χ0n) is 20.2. The van der Waals surface area contributed by atoms with Gasteiger partial charge in [-0.15, -0.1) is 0 Å². The fourth-order valence-electron chi connectivity index (χ4n) is 5.02. The number of methoxy groups -OCH3 is 1. The van der Waals surface area contributed by atoms with Crippen molar-refractivity contribution < 1.29 is 14.6 Å². The van der Waals surface area contributed by atoms with Crippen molar-refractivity contribution in [2.24, 2.45) is 0 Å². The number of carboxylic acids is 1. The molecule has 1 saturated heterocycles. The third-order valence-electron chi connectivity index (χ3n) is 6.58. The highest BCUT2D eigenvalue weighted by Crippen LogP contribution is 2.46. The van der Waals surface area contributed by atoms with Gasteiger partial charge in [0, 0.05) is 23.3 Å². The molecule has 0 saturated carbocycles. The number of benzene rings is 2. The number of ether oxygens (including phenoxy) is 1. The van der Waals surface area contributed by atoms with Crippen molar-refractivity contribution in [2.75, 3.05) is 12.0 Å². The van der Waals surface area contributed by atoms with E-state index in [4.69, 9.17) is 17.0 Å². The van der Waals surface area contributed by atoms with Gasteiger partial charge in [0.1, 0.15) is 5.75 Å². The number of thiocarbonyl (C=S) groups is 1. The number of hydrogen-bond donors (Lipinski definition) is 2. The fourth-order valence-corrected chi connectivity index (χ4v) is 5.36. The Kier molecular flexibility index (Phi) is 6.20. The highest BCUT2D eigenvalue weighted by atomic mass is 32.1. The number of nitrogens with one attached hydrogen (secondary N) is 1. The molecular formula is C28H26N4O3S. The average Bonchev–Trinajstić information content (AvgIpc) is 3.39. The third kappa shape index (κ3) is 3.99. The van der Waals surface area contributed by atoms with Crippen molar-refractivity contribution in [3.05, 3.63) is 107 Å². The number of aryl methyl sites for hydroxylation is 1. The number of rotatable bonds is 6. The molecular weight excluding hydrogens is 472 g/mol. The average molecular weight is 499 g/mol. The van der Waals surface area contributed by atoms with Crippen LogP contribution in [0.4, 0.5) is 5.69 Å². The first-order valence-electron chi connectivity index (χ1n) is 11.6. The van der Waals surface area contributed by atoms with Crippen molar-refractivity contribution in [2.45, 2.75) is 25.9 Å². The number of pyridine rings is 1. The molecule has 1 aliphatic heterocycles. The minimum absolute atomic E-state index is 0.206. The van der Waals surface area contributed by atoms with E-state index in [1.807, 2.05) is 62.4 Å². The Morgan fingerprint density at radius 3 is 2.56 bits per heavy atom. The maximum Gasteiger partial charge on any atom is 0.335 e. The topological polar surface area (TPSA) is 79.6 Å². The van der Waals surface area contributed by atoms with Crippen LogP contribution in [0.25, 0.3) is 5.69 Å². The predicted molar refractivity (Wildman–Crippen MR) is 143 cm³/mol. The molecule has 5 rings (SSSR count). The quantitative estimate of drug-likeness (QED) is 0.346. The zero-order chi connectivity index (χ0) is 25.4. The summed E-state index contributed by atoms with van der Waals surface area (Å²) in [7, 11) is 1.65. The molecule has 2 aromatic carbocycles. The van der Waals surface area contributed by atoms with E-state index in [-0.39, 0.29) is 17.6 Å². The Morgan fingerprint density at radius 2 is 1.83 bits per heavy atom. The SMILES string of the molecule is COc1ccccc1N1C(=S)N[C@@H](c2ccccn2)[C@@H]1c1cc(C)n(-c2cccc(C(=O)O)c2)c1C. The third-order valence-corrected chi connectivity index (χ3v) is 6.90. The first kappa shape index (κ1) is 23.6. The molecule has 2 atom stereocenters. The summed E-state index contributed by atoms with van der Waals surface area (Å²) >= 11 is 5.87. The summed E-state index contributed by atoms with van der Waals surface area (Å²) in [5, 5.41) is 13.6. The molecule has 2 N–H and O–H groups in total. The molecule has 0 bridgehead atoms. The van der Waals surface area contributed by atoms with Crippen LogP contribution in [0.1, 0.15) is 45.1 Å². The van der Waals surface area contributed by atoms with Gasteiger partial charge in [-0.05, 0) is 80.2 Å². The van der Waals surface area contributed by atoms with E-state index in [2.05, 4.69) is 25.8 Å². The van der Waals surface area contributed by atoms with Crippen molar-refractivity contribution in [1.29, 1.82) is 0 Å². The van der Waals surface area contributed by atoms with E-state index >= 15 is 0 Å². The predicted octanol–water partition coefficient (Wildman–Crippen LogP) is 5.37. The molecule has 0 unspecified atom stereocenters. The van der Waals surface area contributed by atoms with E-state index < -0.39 is 5.97 Å². The lowest BCUT2D eigenvalue weighted by molar-refractivity contribution is 0.0697. The minimum Gasteiger partial charge on any atom is -0.495 e. The van der Waals surface area contributed by atoms with Crippen molar-refractivity contribution in [3.63, 3.8) is 0 Å². The minimum atomic E-state index is -0.956. The first-order chi connectivity index (χ1) is 17.4. The van der Waals surface area contributed by atoms with Gasteiger partial charge in [0.25, 0.3) is 0 Å². The summed E-state index contributed by atoms with van der Waals surface area (Å²) in [6.45, 7) is 4.07. The van der Waals surface area contributed by atoms with Crippen LogP contribution in [-0.2, 0) is 0 Å². The van der Waals surface area contributed by atoms with E-state index in [9.17, 15) is 9.90 Å². The molecule has 0 amide bonds. The van der Waals surface area contributed by atoms with Crippen molar-refractivity contribution >= 4 is 29.0 Å². The number of aromatic nitrogens is 2. The molecule has 0 radical (unpaired) electrons. The summed E-state index contributed by atoms with van der Waals surface area (Å²) in [6.07, 6.45) is 1.78. The first-order valence-corrected chi connectivity index (χ1v) is 12.0. The lowest BCUT2D eigenvalue weighted by Crippen LogP contribution is -2.30. The van der Waals surface area contributed by atoms with E-state index in [1.165, 1.54) is 0 Å². The zero-order valence-corrected chi connectivity index (χ0v) is 21.0. The van der Waals surface area contributed by atoms with Gasteiger partial charge in [-0.25, -0.2) is 4.79 Å². The molecule has 1 aliphatic rings. The summed E-state index contributed by atoms with van der Waals surface area (Å²) in [6, 6.07) is 22.4. The highest BCUT2D eigenvalue weighted by molar-refractivity contribution is 7.80. The molecule has 182 valence electrons. The number of anilines is 1. The largest absolute Gasteiger partial charge is 0.495 e. The Hall–Kier alpha value is -4.17. The Bertz CT molecular complexity index is 1450. The molecule has 0 spiro atoms. The maximum atomic E-state index is 11.6. The molecule has 4 aromatic rings. The Morgan fingerprint density at radius 1 is 1.06 bits per heavy atom. The van der Waals surface area contributed by atoms with E-state index in [0.29, 0.717) is 5.11 Å². The number of carbonyl (C=O) groups is 1. The van der Waals surface area contributed by atoms with Gasteiger partial charge in [-0.3, -0.25) is 4.98 Å². The number of aromatic carboxylic acids is 1. The van der Waals surface area contributed by atoms with Gasteiger partial charge >= 0.3 is 5.97 Å². The van der Waals surface area contributed by atoms with E-state index in [0.717, 1.165) is 39.8 Å². The van der Waals surface area contributed by atoms with Gasteiger partial charge in [0.15, 0.2) is 5.11 Å². The van der Waals surface area contributed by atoms with Gasteiger partial charge in [0.05, 0.1) is 36.1 Å². The van der Waals surface area contributed by atoms with Crippen LogP contribution in [-0.4, -0.2) is 32.8 Å². The number of carboxylic acid groups (broad SMARTS) is 1. The Balaban J connectivity index is 1.70. The highest BCUT2D eigenvalue weighted by Gasteiger charge is 2.43. The molecule has 2 aromatic heterocycles. The van der Waals surface area contributed by atoms with Crippen LogP contribution in [0.3, 0.4) is 0 Å². The summed E-state index contributed by atoms with van der Waals surface area (Å²) in [5.74, 6) is -0.237. The van der Waals surface area contributed by atoms with Crippen LogP contribution in [0.15, 0.2) is 79.0 Å². The molecule has 8 heteroatoms. The summed E-state index contributed by atoms with van der Waals surface area (Å²) in [5.41, 5.74) is 5.81. The van der Waals surface area contributed by atoms with Gasteiger partial charge in [0.2, 0.25) is 0 Å². The van der Waals surface area contributed by atoms with Crippen molar-refractivity contribution in [1.82, 2.24) is 14.9 Å². The van der Waals surface area contributed by atoms with Crippen molar-refractivity contribution in [3.8, 4) is 11.4 Å². The molecule has 36 heavy (non-hydrogen) atoms. The van der Waals surface area contributed by atoms with Gasteiger partial charge in [-0.2, -0.15) is 0 Å². The smallest absolute Gasteiger partial charge is 0.335 e. The van der Waals surface area contributed by atoms with Crippen LogP contribution in [0, 0.1) is 13.8 Å². The Labute approximate surface area is 215 Å². The number of nitrogens with zero attached hydrogens (tertiary/aromatic N) is 3. The van der Waals surface area contributed by atoms with Crippen LogP contribution in [0.2, 0.25) is 0 Å². The lowest BCUT2D eigenvalue weighted by atomic mass is 9.96. The second kappa shape index (κ2) is 9.47. The van der Waals surface area contributed by atoms with Crippen LogP contribution < -0.4 is 15.0 Å². The summed E-state index contributed by atoms with van der Waals surface area (Å²) in [4.78, 5) is 18.3. The fraction of sp³-hybridized carbons (Fsp3) is 0.179. The summed E-state index contributed by atoms with van der Waals surface area (Å²) < 4.78 is 7.77. The number of para-hydroxylation sites is 2. The molecule has 3 heterocycles. The lowest BCUT2D eigenvalue weighted by Gasteiger charge is -2.29. The van der Waals surface area contributed by atoms with E-state index in [1.54, 1.807) is 31.5 Å². The second-order valence-corrected chi connectivity index (χ2v) is 9.07. The van der Waals surface area contributed by atoms with Crippen LogP contribution >= 0.6 is 12.2 Å². The second-order valence-electron chi connectivity index (χ2n) is 8.69. The molecule has 1 fully saturated rings. The standard InChI is InChI=1S/C28H26N4O3S/c1-17-15-21(18(2)31(17)20-10-8-9-19(16-20)27(33)34)26-25(22-11-6-7-14-29-22)30-28(36)32(26)23-12-4-5-13-24(23)35-3/h4-16,25-26H,1-3H3,(H,30,36)(H,33,34)/t25-,26-/m0/s1. The van der Waals surface area contributed by atoms with Gasteiger partial charge in [-0.1, -0.05) is 24.3 Å². The molecule has 7 nitrogen and oxygen atoms in total. The van der Waals surface area contributed by atoms with Gasteiger partial charge < -0.3 is 24.6 Å². The molecule has 0 aliphatic carbocycles. The number of hydrogen-bond acceptors (Lipinski definition) is 4. The monoisotopic (exact) mass is 498 g/mol.